The normalized spacial score (nSPS) is 13.1. The number of rotatable bonds is 6. The monoisotopic (exact) mass is 488 g/mol. The Morgan fingerprint density at radius 1 is 0.771 bits per heavy atom. The highest BCUT2D eigenvalue weighted by Gasteiger charge is 2.37. The molecule has 2 aromatic heterocycles. The van der Waals surface area contributed by atoms with Gasteiger partial charge in [0.2, 0.25) is 0 Å². The quantitative estimate of drug-likeness (QED) is 0.275. The molecule has 0 saturated heterocycles. The maximum Gasteiger partial charge on any atom is 0.418 e. The summed E-state index contributed by atoms with van der Waals surface area (Å²) in [4.78, 5) is 21.2. The number of aromatic nitrogens is 2. The molecule has 0 fully saturated rings. The van der Waals surface area contributed by atoms with Crippen LogP contribution < -0.4 is 0 Å². The molecule has 0 amide bonds. The lowest BCUT2D eigenvalue weighted by Gasteiger charge is -2.21. The molecule has 4 rings (SSSR count). The van der Waals surface area contributed by atoms with Crippen LogP contribution >= 0.6 is 0 Å². The number of halogens is 6. The van der Waals surface area contributed by atoms with Crippen LogP contribution in [0, 0.1) is 0 Å². The average Bonchev–Trinajstić information content (AvgIpc) is 2.82. The van der Waals surface area contributed by atoms with Crippen LogP contribution in [0.15, 0.2) is 79.1 Å². The lowest BCUT2D eigenvalue weighted by Crippen LogP contribution is -2.18. The number of fused-ring (bicyclic) bond motifs is 1. The fourth-order valence-electron chi connectivity index (χ4n) is 4.03. The molecule has 0 unspecified atom stereocenters. The van der Waals surface area contributed by atoms with Crippen molar-refractivity contribution < 1.29 is 31.1 Å². The predicted molar refractivity (Wildman–Crippen MR) is 118 cm³/mol. The summed E-state index contributed by atoms with van der Waals surface area (Å²) >= 11 is 0. The van der Waals surface area contributed by atoms with E-state index in [2.05, 4.69) is 9.97 Å². The number of hydrogen-bond acceptors (Lipinski definition) is 3. The molecule has 2 aromatic carbocycles. The molecule has 0 N–H and O–H groups in total. The second-order valence-electron chi connectivity index (χ2n) is 8.01. The summed E-state index contributed by atoms with van der Waals surface area (Å²) in [6.45, 7) is 0. The molecule has 9 heteroatoms. The van der Waals surface area contributed by atoms with E-state index in [4.69, 9.17) is 0 Å². The maximum atomic E-state index is 13.7. The Morgan fingerprint density at radius 2 is 1.49 bits per heavy atom. The minimum absolute atomic E-state index is 0.0750. The molecule has 0 aliphatic heterocycles. The summed E-state index contributed by atoms with van der Waals surface area (Å²) in [7, 11) is 0. The van der Waals surface area contributed by atoms with E-state index < -0.39 is 35.1 Å². The Hall–Kier alpha value is -3.75. The number of carbonyl (C=O) groups excluding carboxylic acids is 1. The van der Waals surface area contributed by atoms with Gasteiger partial charge in [0.25, 0.3) is 0 Å². The standard InChI is InChI=1S/C26H18F6N2O/c27-25(28,29)18-9-7-16(8-10-18)21(24-22(26(30,31)32)5-3-12-34-24)15-19(35)14-17-11-13-33-23-6-2-1-4-20(17)23/h1-13,21H,14-15H2/t21-/m0/s1. The van der Waals surface area contributed by atoms with Gasteiger partial charge in [-0.2, -0.15) is 26.3 Å². The van der Waals surface area contributed by atoms with Crippen LogP contribution in [-0.2, 0) is 23.6 Å². The van der Waals surface area contributed by atoms with E-state index in [1.807, 2.05) is 0 Å². The van der Waals surface area contributed by atoms with Crippen LogP contribution in [0.3, 0.4) is 0 Å². The number of ketones is 1. The van der Waals surface area contributed by atoms with Gasteiger partial charge in [0.15, 0.2) is 0 Å². The molecule has 0 spiro atoms. The van der Waals surface area contributed by atoms with Crippen molar-refractivity contribution in [3.05, 3.63) is 107 Å². The molecule has 0 aliphatic rings. The first-order valence-corrected chi connectivity index (χ1v) is 10.6. The van der Waals surface area contributed by atoms with E-state index in [0.717, 1.165) is 41.8 Å². The lowest BCUT2D eigenvalue weighted by molar-refractivity contribution is -0.139. The molecule has 180 valence electrons. The molecule has 4 aromatic rings. The first kappa shape index (κ1) is 24.4. The summed E-state index contributed by atoms with van der Waals surface area (Å²) in [6, 6.07) is 14.6. The molecule has 3 nitrogen and oxygen atoms in total. The van der Waals surface area contributed by atoms with Gasteiger partial charge < -0.3 is 0 Å². The largest absolute Gasteiger partial charge is 0.418 e. The van der Waals surface area contributed by atoms with E-state index >= 15 is 0 Å². The smallest absolute Gasteiger partial charge is 0.299 e. The van der Waals surface area contributed by atoms with Gasteiger partial charge >= 0.3 is 12.4 Å². The Morgan fingerprint density at radius 3 is 2.17 bits per heavy atom. The van der Waals surface area contributed by atoms with Gasteiger partial charge in [0, 0.05) is 36.5 Å². The third-order valence-electron chi connectivity index (χ3n) is 5.67. The molecule has 0 saturated carbocycles. The summed E-state index contributed by atoms with van der Waals surface area (Å²) in [6.07, 6.45) is -7.09. The van der Waals surface area contributed by atoms with Crippen molar-refractivity contribution in [3.63, 3.8) is 0 Å². The second-order valence-corrected chi connectivity index (χ2v) is 8.01. The molecular formula is C26H18F6N2O. The highest BCUT2D eigenvalue weighted by molar-refractivity contribution is 5.89. The van der Waals surface area contributed by atoms with Gasteiger partial charge in [-0.25, -0.2) is 0 Å². The van der Waals surface area contributed by atoms with Gasteiger partial charge in [0.05, 0.1) is 22.3 Å². The Bertz CT molecular complexity index is 1340. The van der Waals surface area contributed by atoms with Gasteiger partial charge in [-0.05, 0) is 47.5 Å². The zero-order chi connectivity index (χ0) is 25.2. The van der Waals surface area contributed by atoms with Crippen molar-refractivity contribution in [2.75, 3.05) is 0 Å². The Kier molecular flexibility index (Phi) is 6.60. The summed E-state index contributed by atoms with van der Waals surface area (Å²) in [5.74, 6) is -1.57. The van der Waals surface area contributed by atoms with Crippen molar-refractivity contribution >= 4 is 16.7 Å². The number of Topliss-reactive ketones (excluding diaryl/α,β-unsaturated/α-hetero) is 1. The minimum atomic E-state index is -4.75. The summed E-state index contributed by atoms with van der Waals surface area (Å²) < 4.78 is 80.2. The average molecular weight is 488 g/mol. The molecule has 0 bridgehead atoms. The van der Waals surface area contributed by atoms with E-state index in [-0.39, 0.29) is 24.2 Å². The van der Waals surface area contributed by atoms with Gasteiger partial charge in [-0.1, -0.05) is 30.3 Å². The van der Waals surface area contributed by atoms with Crippen LogP contribution in [0.1, 0.15) is 40.3 Å². The molecule has 1 atom stereocenters. The lowest BCUT2D eigenvalue weighted by atomic mass is 9.86. The molecule has 0 radical (unpaired) electrons. The zero-order valence-corrected chi connectivity index (χ0v) is 18.1. The summed E-state index contributed by atoms with van der Waals surface area (Å²) in [5, 5.41) is 0.739. The van der Waals surface area contributed by atoms with E-state index in [1.54, 1.807) is 36.5 Å². The van der Waals surface area contributed by atoms with Crippen LogP contribution in [0.2, 0.25) is 0 Å². The number of hydrogen-bond donors (Lipinski definition) is 0. The van der Waals surface area contributed by atoms with Gasteiger partial charge in [-0.3, -0.25) is 14.8 Å². The number of pyridine rings is 2. The highest BCUT2D eigenvalue weighted by Crippen LogP contribution is 2.39. The fourth-order valence-corrected chi connectivity index (χ4v) is 4.03. The third-order valence-corrected chi connectivity index (χ3v) is 5.67. The minimum Gasteiger partial charge on any atom is -0.299 e. The zero-order valence-electron chi connectivity index (χ0n) is 18.1. The van der Waals surface area contributed by atoms with Gasteiger partial charge in [0.1, 0.15) is 5.78 Å². The topological polar surface area (TPSA) is 42.9 Å². The fraction of sp³-hybridized carbons (Fsp3) is 0.192. The van der Waals surface area contributed by atoms with Gasteiger partial charge in [-0.15, -0.1) is 0 Å². The van der Waals surface area contributed by atoms with E-state index in [0.29, 0.717) is 11.1 Å². The van der Waals surface area contributed by atoms with Crippen molar-refractivity contribution in [3.8, 4) is 0 Å². The van der Waals surface area contributed by atoms with Crippen molar-refractivity contribution in [1.29, 1.82) is 0 Å². The SMILES string of the molecule is O=C(Cc1ccnc2ccccc12)C[C@@H](c1ccc(C(F)(F)F)cc1)c1ncccc1C(F)(F)F. The first-order chi connectivity index (χ1) is 16.5. The molecule has 0 aliphatic carbocycles. The maximum absolute atomic E-state index is 13.7. The molecular weight excluding hydrogens is 470 g/mol. The van der Waals surface area contributed by atoms with Crippen molar-refractivity contribution in [2.45, 2.75) is 31.1 Å². The third kappa shape index (κ3) is 5.50. The Balaban J connectivity index is 1.72. The predicted octanol–water partition coefficient (Wildman–Crippen LogP) is 7.00. The first-order valence-electron chi connectivity index (χ1n) is 10.6. The number of para-hydroxylation sites is 1. The Labute approximate surface area is 196 Å². The molecule has 35 heavy (non-hydrogen) atoms. The van der Waals surface area contributed by atoms with Crippen LogP contribution in [0.4, 0.5) is 26.3 Å². The number of alkyl halides is 6. The number of nitrogens with zero attached hydrogens (tertiary/aromatic N) is 2. The van der Waals surface area contributed by atoms with E-state index in [9.17, 15) is 31.1 Å². The van der Waals surface area contributed by atoms with E-state index in [1.165, 1.54) is 6.20 Å². The number of carbonyl (C=O) groups is 1. The molecule has 2 heterocycles. The number of benzene rings is 2. The van der Waals surface area contributed by atoms with Crippen LogP contribution in [-0.4, -0.2) is 15.8 Å². The van der Waals surface area contributed by atoms with Crippen molar-refractivity contribution in [2.24, 2.45) is 0 Å². The second kappa shape index (κ2) is 9.48. The van der Waals surface area contributed by atoms with Crippen molar-refractivity contribution in [1.82, 2.24) is 9.97 Å². The van der Waals surface area contributed by atoms with Crippen LogP contribution in [0.25, 0.3) is 10.9 Å². The van der Waals surface area contributed by atoms with Crippen LogP contribution in [0.5, 0.6) is 0 Å². The summed E-state index contributed by atoms with van der Waals surface area (Å²) in [5.41, 5.74) is -0.924. The highest BCUT2D eigenvalue weighted by atomic mass is 19.4.